The first-order valence-corrected chi connectivity index (χ1v) is 10.3. The largest absolute Gasteiger partial charge is 0.457 e. The van der Waals surface area contributed by atoms with Crippen molar-refractivity contribution in [3.8, 4) is 11.5 Å². The predicted molar refractivity (Wildman–Crippen MR) is 122 cm³/mol. The molecule has 0 spiro atoms. The highest BCUT2D eigenvalue weighted by atomic mass is 35.5. The summed E-state index contributed by atoms with van der Waals surface area (Å²) < 4.78 is 7.68. The molecular formula is C23H20ClN5O3. The van der Waals surface area contributed by atoms with Gasteiger partial charge in [-0.2, -0.15) is 0 Å². The maximum absolute atomic E-state index is 12.6. The Morgan fingerprint density at radius 3 is 2.56 bits per heavy atom. The van der Waals surface area contributed by atoms with Crippen LogP contribution >= 0.6 is 11.6 Å². The number of aromatic nitrogens is 3. The maximum atomic E-state index is 12.6. The topological polar surface area (TPSA) is 112 Å². The van der Waals surface area contributed by atoms with Crippen molar-refractivity contribution in [2.24, 2.45) is 12.8 Å². The Morgan fingerprint density at radius 1 is 1.09 bits per heavy atom. The second-order valence-electron chi connectivity index (χ2n) is 7.16. The van der Waals surface area contributed by atoms with Gasteiger partial charge in [0.05, 0.1) is 23.1 Å². The summed E-state index contributed by atoms with van der Waals surface area (Å²) in [5.41, 5.74) is 8.69. The number of ether oxygens (including phenoxy) is 1. The summed E-state index contributed by atoms with van der Waals surface area (Å²) in [6.45, 7) is 0. The van der Waals surface area contributed by atoms with Crippen LogP contribution in [-0.2, 0) is 24.1 Å². The number of hydrogen-bond donors (Lipinski definition) is 2. The average molecular weight is 450 g/mol. The van der Waals surface area contributed by atoms with Crippen LogP contribution in [0.25, 0.3) is 11.0 Å². The lowest BCUT2D eigenvalue weighted by Crippen LogP contribution is -2.15. The summed E-state index contributed by atoms with van der Waals surface area (Å²) in [4.78, 5) is 32.3. The highest BCUT2D eigenvalue weighted by molar-refractivity contribution is 6.17. The van der Waals surface area contributed by atoms with Gasteiger partial charge in [-0.3, -0.25) is 19.9 Å². The van der Waals surface area contributed by atoms with Crippen LogP contribution in [0.15, 0.2) is 60.8 Å². The number of aryl methyl sites for hydroxylation is 1. The highest BCUT2D eigenvalue weighted by Gasteiger charge is 2.13. The standard InChI is InChI=1S/C23H20ClN5O3/c1-29-20-7-6-17(32-18-8-9-26-16(10-18)11-21(25)30)12-19(20)27-23(29)28-22(31)15-4-2-14(13-24)3-5-15/h2-10,12H,11,13H2,1H3,(H2,25,30)(H,27,28,31). The minimum Gasteiger partial charge on any atom is -0.457 e. The van der Waals surface area contributed by atoms with E-state index < -0.39 is 5.91 Å². The number of pyridine rings is 1. The van der Waals surface area contributed by atoms with Crippen LogP contribution in [0, 0.1) is 0 Å². The molecule has 3 N–H and O–H groups in total. The van der Waals surface area contributed by atoms with Gasteiger partial charge in [-0.05, 0) is 35.9 Å². The fraction of sp³-hybridized carbons (Fsp3) is 0.130. The molecule has 2 amide bonds. The van der Waals surface area contributed by atoms with E-state index in [4.69, 9.17) is 22.1 Å². The maximum Gasteiger partial charge on any atom is 0.257 e. The molecule has 0 unspecified atom stereocenters. The van der Waals surface area contributed by atoms with Gasteiger partial charge in [0.25, 0.3) is 5.91 Å². The highest BCUT2D eigenvalue weighted by Crippen LogP contribution is 2.27. The number of amides is 2. The molecule has 0 atom stereocenters. The number of imidazole rings is 1. The number of nitrogens with zero attached hydrogens (tertiary/aromatic N) is 3. The van der Waals surface area contributed by atoms with Gasteiger partial charge in [-0.15, -0.1) is 11.6 Å². The van der Waals surface area contributed by atoms with Crippen molar-refractivity contribution in [3.05, 3.63) is 77.6 Å². The summed E-state index contributed by atoms with van der Waals surface area (Å²) >= 11 is 5.80. The van der Waals surface area contributed by atoms with Crippen molar-refractivity contribution in [1.82, 2.24) is 14.5 Å². The number of benzene rings is 2. The number of carbonyl (C=O) groups is 2. The number of fused-ring (bicyclic) bond motifs is 1. The lowest BCUT2D eigenvalue weighted by Gasteiger charge is -2.07. The van der Waals surface area contributed by atoms with Crippen LogP contribution in [0.5, 0.6) is 11.5 Å². The van der Waals surface area contributed by atoms with Gasteiger partial charge in [-0.25, -0.2) is 4.98 Å². The van der Waals surface area contributed by atoms with Crippen molar-refractivity contribution < 1.29 is 14.3 Å². The lowest BCUT2D eigenvalue weighted by atomic mass is 10.1. The van der Waals surface area contributed by atoms with E-state index in [1.54, 1.807) is 47.2 Å². The third-order valence-electron chi connectivity index (χ3n) is 4.83. The van der Waals surface area contributed by atoms with Crippen molar-refractivity contribution in [1.29, 1.82) is 0 Å². The van der Waals surface area contributed by atoms with E-state index >= 15 is 0 Å². The number of nitrogens with two attached hydrogens (primary N) is 1. The van der Waals surface area contributed by atoms with E-state index in [9.17, 15) is 9.59 Å². The first-order valence-electron chi connectivity index (χ1n) is 9.77. The molecular weight excluding hydrogens is 430 g/mol. The lowest BCUT2D eigenvalue weighted by molar-refractivity contribution is -0.117. The second-order valence-corrected chi connectivity index (χ2v) is 7.42. The number of primary amides is 1. The molecule has 4 rings (SSSR count). The zero-order valence-electron chi connectivity index (χ0n) is 17.2. The summed E-state index contributed by atoms with van der Waals surface area (Å²) in [6, 6.07) is 15.9. The molecule has 0 aliphatic carbocycles. The van der Waals surface area contributed by atoms with Crippen molar-refractivity contribution >= 4 is 40.4 Å². The number of hydrogen-bond acceptors (Lipinski definition) is 5. The fourth-order valence-electron chi connectivity index (χ4n) is 3.20. The van der Waals surface area contributed by atoms with E-state index in [0.29, 0.717) is 40.1 Å². The Morgan fingerprint density at radius 2 is 1.84 bits per heavy atom. The van der Waals surface area contributed by atoms with Crippen molar-refractivity contribution in [2.75, 3.05) is 5.32 Å². The van der Waals surface area contributed by atoms with E-state index in [1.807, 2.05) is 25.2 Å². The van der Waals surface area contributed by atoms with Gasteiger partial charge >= 0.3 is 0 Å². The molecule has 2 aromatic carbocycles. The van der Waals surface area contributed by atoms with Crippen LogP contribution in [0.1, 0.15) is 21.6 Å². The fourth-order valence-corrected chi connectivity index (χ4v) is 3.38. The first-order chi connectivity index (χ1) is 15.4. The average Bonchev–Trinajstić information content (AvgIpc) is 3.08. The van der Waals surface area contributed by atoms with Crippen molar-refractivity contribution in [3.63, 3.8) is 0 Å². The van der Waals surface area contributed by atoms with E-state index in [1.165, 1.54) is 0 Å². The summed E-state index contributed by atoms with van der Waals surface area (Å²) in [5.74, 6) is 1.16. The number of nitrogens with one attached hydrogen (secondary N) is 1. The Bertz CT molecular complexity index is 1300. The monoisotopic (exact) mass is 449 g/mol. The molecule has 0 aliphatic heterocycles. The molecule has 162 valence electrons. The number of rotatable bonds is 7. The van der Waals surface area contributed by atoms with E-state index in [0.717, 1.165) is 11.1 Å². The Labute approximate surface area is 189 Å². The Hall–Kier alpha value is -3.91. The Balaban J connectivity index is 1.54. The number of anilines is 1. The third-order valence-corrected chi connectivity index (χ3v) is 5.14. The van der Waals surface area contributed by atoms with Crippen molar-refractivity contribution in [2.45, 2.75) is 12.3 Å². The number of alkyl halides is 1. The molecule has 0 fully saturated rings. The molecule has 2 aromatic heterocycles. The minimum absolute atomic E-state index is 0.0359. The van der Waals surface area contributed by atoms with Gasteiger partial charge in [0.1, 0.15) is 11.5 Å². The van der Waals surface area contributed by atoms with E-state index in [2.05, 4.69) is 15.3 Å². The van der Waals surface area contributed by atoms with Gasteiger partial charge in [0.15, 0.2) is 0 Å². The van der Waals surface area contributed by atoms with Crippen LogP contribution in [0.2, 0.25) is 0 Å². The SMILES string of the molecule is Cn1c(NC(=O)c2ccc(CCl)cc2)nc2cc(Oc3ccnc(CC(N)=O)c3)ccc21. The zero-order chi connectivity index (χ0) is 22.7. The quantitative estimate of drug-likeness (QED) is 0.417. The number of halogens is 1. The smallest absolute Gasteiger partial charge is 0.257 e. The molecule has 32 heavy (non-hydrogen) atoms. The molecule has 4 aromatic rings. The van der Waals surface area contributed by atoms with Gasteiger partial charge in [0.2, 0.25) is 11.9 Å². The van der Waals surface area contributed by atoms with Gasteiger partial charge in [-0.1, -0.05) is 12.1 Å². The summed E-state index contributed by atoms with van der Waals surface area (Å²) in [6.07, 6.45) is 1.59. The summed E-state index contributed by atoms with van der Waals surface area (Å²) in [7, 11) is 1.82. The first kappa shape index (κ1) is 21.3. The molecule has 0 aliphatic rings. The molecule has 2 heterocycles. The molecule has 0 bridgehead atoms. The van der Waals surface area contributed by atoms with Crippen LogP contribution in [-0.4, -0.2) is 26.3 Å². The van der Waals surface area contributed by atoms with Gasteiger partial charge < -0.3 is 15.0 Å². The Kier molecular flexibility index (Phi) is 6.04. The number of carbonyl (C=O) groups excluding carboxylic acids is 2. The van der Waals surface area contributed by atoms with Crippen LogP contribution in [0.4, 0.5) is 5.95 Å². The molecule has 0 saturated heterocycles. The molecule has 0 saturated carbocycles. The third kappa shape index (κ3) is 4.70. The van der Waals surface area contributed by atoms with E-state index in [-0.39, 0.29) is 12.3 Å². The van der Waals surface area contributed by atoms with Gasteiger partial charge in [0, 0.05) is 36.8 Å². The minimum atomic E-state index is -0.464. The second kappa shape index (κ2) is 9.07. The van der Waals surface area contributed by atoms with Crippen LogP contribution in [0.3, 0.4) is 0 Å². The molecule has 0 radical (unpaired) electrons. The zero-order valence-corrected chi connectivity index (χ0v) is 18.0. The molecule has 9 heteroatoms. The summed E-state index contributed by atoms with van der Waals surface area (Å²) in [5, 5.41) is 2.84. The van der Waals surface area contributed by atoms with Crippen LogP contribution < -0.4 is 15.8 Å². The predicted octanol–water partition coefficient (Wildman–Crippen LogP) is 3.78. The normalized spacial score (nSPS) is 10.8. The molecule has 8 nitrogen and oxygen atoms in total.